The summed E-state index contributed by atoms with van der Waals surface area (Å²) in [4.78, 5) is 22.3. The van der Waals surface area contributed by atoms with Crippen LogP contribution in [0.5, 0.6) is 11.5 Å². The Bertz CT molecular complexity index is 1340. The number of nitrogens with zero attached hydrogens (tertiary/aromatic N) is 5. The SMILES string of the molecule is COc1ccc(-n2nnc(C(=O)Nc3cc(Cl)ccc3OC)c2CSc2nc(C)cc(C)n2)cc1. The number of halogens is 1. The van der Waals surface area contributed by atoms with Gasteiger partial charge in [0.25, 0.3) is 5.91 Å². The van der Waals surface area contributed by atoms with E-state index in [1.807, 2.05) is 44.2 Å². The summed E-state index contributed by atoms with van der Waals surface area (Å²) in [7, 11) is 3.12. The maximum absolute atomic E-state index is 13.3. The van der Waals surface area contributed by atoms with Gasteiger partial charge in [0.2, 0.25) is 0 Å². The average molecular weight is 511 g/mol. The van der Waals surface area contributed by atoms with Crippen molar-refractivity contribution in [3.63, 3.8) is 0 Å². The monoisotopic (exact) mass is 510 g/mol. The molecule has 0 aliphatic rings. The lowest BCUT2D eigenvalue weighted by Gasteiger charge is -2.11. The van der Waals surface area contributed by atoms with E-state index in [1.165, 1.54) is 18.9 Å². The Labute approximate surface area is 211 Å². The number of hydrogen-bond acceptors (Lipinski definition) is 8. The second-order valence-corrected chi connectivity index (χ2v) is 8.89. The summed E-state index contributed by atoms with van der Waals surface area (Å²) in [5, 5.41) is 12.4. The van der Waals surface area contributed by atoms with Gasteiger partial charge >= 0.3 is 0 Å². The van der Waals surface area contributed by atoms with Crippen LogP contribution in [0.25, 0.3) is 5.69 Å². The molecule has 0 fully saturated rings. The highest BCUT2D eigenvalue weighted by molar-refractivity contribution is 7.98. The number of carbonyl (C=O) groups is 1. The van der Waals surface area contributed by atoms with Crippen molar-refractivity contribution in [1.29, 1.82) is 0 Å². The Balaban J connectivity index is 1.69. The predicted molar refractivity (Wildman–Crippen MR) is 135 cm³/mol. The molecule has 180 valence electrons. The number of carbonyl (C=O) groups excluding carboxylic acids is 1. The quantitative estimate of drug-likeness (QED) is 0.264. The minimum Gasteiger partial charge on any atom is -0.497 e. The first-order valence-corrected chi connectivity index (χ1v) is 11.9. The number of rotatable bonds is 8. The minimum atomic E-state index is -0.442. The first kappa shape index (κ1) is 24.5. The Hall–Kier alpha value is -3.63. The van der Waals surface area contributed by atoms with E-state index in [0.717, 1.165) is 17.1 Å². The standard InChI is InChI=1S/C24H23ClN6O3S/c1-14-11-15(2)27-24(26-14)35-13-20-22(23(32)28-19-12-16(25)5-10-21(19)34-4)29-30-31(20)17-6-8-18(33-3)9-7-17/h5-12H,13H2,1-4H3,(H,28,32). The molecule has 9 nitrogen and oxygen atoms in total. The molecule has 4 rings (SSSR count). The fraction of sp³-hybridized carbons (Fsp3) is 0.208. The molecule has 0 bridgehead atoms. The Morgan fingerprint density at radius 1 is 1.03 bits per heavy atom. The van der Waals surface area contributed by atoms with Gasteiger partial charge in [-0.1, -0.05) is 28.6 Å². The number of benzene rings is 2. The molecule has 0 radical (unpaired) electrons. The van der Waals surface area contributed by atoms with Crippen LogP contribution < -0.4 is 14.8 Å². The van der Waals surface area contributed by atoms with Crippen LogP contribution in [0.4, 0.5) is 5.69 Å². The summed E-state index contributed by atoms with van der Waals surface area (Å²) >= 11 is 7.52. The van der Waals surface area contributed by atoms with E-state index in [0.29, 0.717) is 38.8 Å². The van der Waals surface area contributed by atoms with E-state index in [2.05, 4.69) is 25.6 Å². The molecule has 0 spiro atoms. The largest absolute Gasteiger partial charge is 0.497 e. The molecule has 4 aromatic rings. The van der Waals surface area contributed by atoms with E-state index >= 15 is 0 Å². The van der Waals surface area contributed by atoms with Crippen molar-refractivity contribution in [3.05, 3.63) is 76.3 Å². The zero-order valence-electron chi connectivity index (χ0n) is 19.6. The van der Waals surface area contributed by atoms with E-state index in [9.17, 15) is 4.79 Å². The van der Waals surface area contributed by atoms with Crippen molar-refractivity contribution >= 4 is 35.0 Å². The van der Waals surface area contributed by atoms with Crippen LogP contribution in [0.2, 0.25) is 5.02 Å². The first-order chi connectivity index (χ1) is 16.9. The van der Waals surface area contributed by atoms with Crippen LogP contribution in [-0.2, 0) is 5.75 Å². The van der Waals surface area contributed by atoms with Gasteiger partial charge in [-0.3, -0.25) is 4.79 Å². The van der Waals surface area contributed by atoms with Gasteiger partial charge in [0.15, 0.2) is 10.9 Å². The highest BCUT2D eigenvalue weighted by Gasteiger charge is 2.23. The predicted octanol–water partition coefficient (Wildman–Crippen LogP) is 4.89. The molecule has 0 saturated heterocycles. The van der Waals surface area contributed by atoms with Crippen molar-refractivity contribution in [1.82, 2.24) is 25.0 Å². The third-order valence-corrected chi connectivity index (χ3v) is 6.10. The van der Waals surface area contributed by atoms with Gasteiger partial charge in [0.05, 0.1) is 31.3 Å². The topological polar surface area (TPSA) is 104 Å². The van der Waals surface area contributed by atoms with E-state index in [4.69, 9.17) is 21.1 Å². The summed E-state index contributed by atoms with van der Waals surface area (Å²) in [5.41, 5.74) is 3.65. The molecular formula is C24H23ClN6O3S. The molecule has 2 aromatic heterocycles. The highest BCUT2D eigenvalue weighted by Crippen LogP contribution is 2.29. The summed E-state index contributed by atoms with van der Waals surface area (Å²) < 4.78 is 12.2. The second kappa shape index (κ2) is 10.7. The van der Waals surface area contributed by atoms with Crippen LogP contribution in [0.1, 0.15) is 27.6 Å². The Morgan fingerprint density at radius 2 is 1.74 bits per heavy atom. The van der Waals surface area contributed by atoms with Crippen LogP contribution in [0.3, 0.4) is 0 Å². The van der Waals surface area contributed by atoms with E-state index in [1.54, 1.807) is 30.0 Å². The van der Waals surface area contributed by atoms with Crippen molar-refractivity contribution in [2.24, 2.45) is 0 Å². The maximum atomic E-state index is 13.3. The average Bonchev–Trinajstić information content (AvgIpc) is 3.26. The number of aromatic nitrogens is 5. The fourth-order valence-corrected chi connectivity index (χ4v) is 4.50. The highest BCUT2D eigenvalue weighted by atomic mass is 35.5. The molecule has 1 N–H and O–H groups in total. The molecule has 2 aromatic carbocycles. The van der Waals surface area contributed by atoms with Gasteiger partial charge in [-0.2, -0.15) is 0 Å². The zero-order valence-corrected chi connectivity index (χ0v) is 21.1. The third kappa shape index (κ3) is 5.72. The van der Waals surface area contributed by atoms with Gasteiger partial charge in [-0.25, -0.2) is 14.6 Å². The lowest BCUT2D eigenvalue weighted by molar-refractivity contribution is 0.102. The summed E-state index contributed by atoms with van der Waals surface area (Å²) in [6.45, 7) is 3.83. The number of methoxy groups -OCH3 is 2. The number of ether oxygens (including phenoxy) is 2. The minimum absolute atomic E-state index is 0.166. The molecule has 2 heterocycles. The molecule has 1 amide bonds. The molecule has 35 heavy (non-hydrogen) atoms. The summed E-state index contributed by atoms with van der Waals surface area (Å²) in [5.74, 6) is 1.10. The first-order valence-electron chi connectivity index (χ1n) is 10.6. The third-order valence-electron chi connectivity index (χ3n) is 5.00. The molecule has 0 saturated carbocycles. The smallest absolute Gasteiger partial charge is 0.278 e. The summed E-state index contributed by atoms with van der Waals surface area (Å²) in [6, 6.07) is 14.2. The normalized spacial score (nSPS) is 10.8. The number of aryl methyl sites for hydroxylation is 2. The van der Waals surface area contributed by atoms with Gasteiger partial charge < -0.3 is 14.8 Å². The molecular weight excluding hydrogens is 488 g/mol. The van der Waals surface area contributed by atoms with Gasteiger partial charge in [-0.15, -0.1) is 5.10 Å². The Morgan fingerprint density at radius 3 is 2.40 bits per heavy atom. The van der Waals surface area contributed by atoms with Gasteiger partial charge in [0, 0.05) is 22.2 Å². The lowest BCUT2D eigenvalue weighted by Crippen LogP contribution is -2.16. The van der Waals surface area contributed by atoms with Gasteiger partial charge in [0.1, 0.15) is 11.5 Å². The maximum Gasteiger partial charge on any atom is 0.278 e. The Kier molecular flexibility index (Phi) is 7.52. The van der Waals surface area contributed by atoms with E-state index < -0.39 is 5.91 Å². The number of thioether (sulfide) groups is 1. The lowest BCUT2D eigenvalue weighted by atomic mass is 10.2. The number of nitrogens with one attached hydrogen (secondary N) is 1. The zero-order chi connectivity index (χ0) is 24.9. The van der Waals surface area contributed by atoms with Gasteiger partial charge in [-0.05, 0) is 62.4 Å². The van der Waals surface area contributed by atoms with Crippen LogP contribution >= 0.6 is 23.4 Å². The number of anilines is 1. The molecule has 0 unspecified atom stereocenters. The number of amides is 1. The van der Waals surface area contributed by atoms with Crippen molar-refractivity contribution in [3.8, 4) is 17.2 Å². The van der Waals surface area contributed by atoms with Crippen LogP contribution in [0, 0.1) is 13.8 Å². The second-order valence-electron chi connectivity index (χ2n) is 7.52. The van der Waals surface area contributed by atoms with Crippen molar-refractivity contribution in [2.45, 2.75) is 24.8 Å². The molecule has 11 heteroatoms. The van der Waals surface area contributed by atoms with E-state index in [-0.39, 0.29) is 5.69 Å². The molecule has 0 aliphatic heterocycles. The fourth-order valence-electron chi connectivity index (χ4n) is 3.39. The summed E-state index contributed by atoms with van der Waals surface area (Å²) in [6.07, 6.45) is 0. The van der Waals surface area contributed by atoms with Crippen LogP contribution in [0.15, 0.2) is 53.7 Å². The van der Waals surface area contributed by atoms with Crippen molar-refractivity contribution < 1.29 is 14.3 Å². The number of hydrogen-bond donors (Lipinski definition) is 1. The van der Waals surface area contributed by atoms with Crippen LogP contribution in [-0.4, -0.2) is 45.1 Å². The molecule has 0 aliphatic carbocycles. The van der Waals surface area contributed by atoms with Crippen molar-refractivity contribution in [2.75, 3.05) is 19.5 Å². The molecule has 0 atom stereocenters.